The van der Waals surface area contributed by atoms with Gasteiger partial charge < -0.3 is 20.7 Å². The van der Waals surface area contributed by atoms with Crippen molar-refractivity contribution >= 4 is 43.8 Å². The van der Waals surface area contributed by atoms with Crippen LogP contribution in [0.25, 0.3) is 21.8 Å². The summed E-state index contributed by atoms with van der Waals surface area (Å²) in [7, 11) is -4.31. The van der Waals surface area contributed by atoms with E-state index in [2.05, 4.69) is 30.2 Å². The third-order valence-corrected chi connectivity index (χ3v) is 9.29. The molecule has 0 spiro atoms. The van der Waals surface area contributed by atoms with Crippen molar-refractivity contribution in [3.05, 3.63) is 90.3 Å². The molecule has 6 rings (SSSR count). The average Bonchev–Trinajstić information content (AvgIpc) is 3.39. The first kappa shape index (κ1) is 28.6. The topological polar surface area (TPSA) is 136 Å². The van der Waals surface area contributed by atoms with E-state index in [9.17, 15) is 17.2 Å². The van der Waals surface area contributed by atoms with Gasteiger partial charge in [0.25, 0.3) is 0 Å². The first-order valence-corrected chi connectivity index (χ1v) is 15.7. The van der Waals surface area contributed by atoms with Gasteiger partial charge in [-0.1, -0.05) is 35.6 Å². The van der Waals surface area contributed by atoms with Crippen LogP contribution in [0.2, 0.25) is 0 Å². The van der Waals surface area contributed by atoms with E-state index < -0.39 is 32.1 Å². The van der Waals surface area contributed by atoms with Crippen LogP contribution in [0.4, 0.5) is 31.4 Å². The highest BCUT2D eigenvalue weighted by molar-refractivity contribution is 7.90. The van der Waals surface area contributed by atoms with E-state index >= 15 is 0 Å². The fourth-order valence-corrected chi connectivity index (χ4v) is 7.02. The van der Waals surface area contributed by atoms with Crippen LogP contribution in [0.3, 0.4) is 0 Å². The summed E-state index contributed by atoms with van der Waals surface area (Å²) in [6.45, 7) is 2.91. The van der Waals surface area contributed by atoms with Crippen molar-refractivity contribution in [3.8, 4) is 21.8 Å². The third kappa shape index (κ3) is 6.30. The van der Waals surface area contributed by atoms with Crippen LogP contribution >= 0.6 is 11.3 Å². The van der Waals surface area contributed by atoms with Crippen molar-refractivity contribution in [1.82, 2.24) is 19.9 Å². The number of anilines is 4. The number of hydrogen-bond acceptors (Lipinski definition) is 11. The molecule has 4 heterocycles. The summed E-state index contributed by atoms with van der Waals surface area (Å²) in [5.41, 5.74) is 8.73. The second kappa shape index (κ2) is 12.0. The van der Waals surface area contributed by atoms with Gasteiger partial charge in [0.05, 0.1) is 47.1 Å². The molecule has 0 unspecified atom stereocenters. The van der Waals surface area contributed by atoms with E-state index in [-0.39, 0.29) is 5.13 Å². The van der Waals surface area contributed by atoms with Crippen LogP contribution in [0.1, 0.15) is 5.56 Å². The van der Waals surface area contributed by atoms with Crippen molar-refractivity contribution in [3.63, 3.8) is 0 Å². The zero-order chi connectivity index (χ0) is 30.0. The summed E-state index contributed by atoms with van der Waals surface area (Å²) in [5, 5.41) is 3.45. The van der Waals surface area contributed by atoms with Crippen LogP contribution in [0.15, 0.2) is 78.0 Å². The highest BCUT2D eigenvalue weighted by Gasteiger charge is 2.25. The van der Waals surface area contributed by atoms with Crippen molar-refractivity contribution in [2.75, 3.05) is 42.3 Å². The molecule has 2 aromatic carbocycles. The molecular formula is C29H25F2N7O3S2. The Labute approximate surface area is 250 Å². The van der Waals surface area contributed by atoms with Gasteiger partial charge in [-0.25, -0.2) is 37.1 Å². The summed E-state index contributed by atoms with van der Waals surface area (Å²) in [6.07, 6.45) is 3.31. The quantitative estimate of drug-likeness (QED) is 0.242. The summed E-state index contributed by atoms with van der Waals surface area (Å²) in [5.74, 6) is -1.68. The van der Waals surface area contributed by atoms with Gasteiger partial charge in [0.15, 0.2) is 15.0 Å². The molecule has 1 aliphatic rings. The molecule has 0 amide bonds. The van der Waals surface area contributed by atoms with E-state index in [1.807, 2.05) is 12.1 Å². The molecule has 5 aromatic rings. The number of nitrogens with zero attached hydrogens (tertiary/aromatic N) is 5. The minimum Gasteiger partial charge on any atom is -0.378 e. The zero-order valence-electron chi connectivity index (χ0n) is 22.6. The van der Waals surface area contributed by atoms with Gasteiger partial charge in [0.1, 0.15) is 22.3 Å². The van der Waals surface area contributed by atoms with Crippen molar-refractivity contribution in [2.24, 2.45) is 0 Å². The zero-order valence-corrected chi connectivity index (χ0v) is 24.2. The molecule has 3 aromatic heterocycles. The monoisotopic (exact) mass is 621 g/mol. The Morgan fingerprint density at radius 1 is 0.977 bits per heavy atom. The average molecular weight is 622 g/mol. The molecular weight excluding hydrogens is 596 g/mol. The number of nitrogen functional groups attached to an aromatic ring is 1. The Kier molecular flexibility index (Phi) is 7.97. The van der Waals surface area contributed by atoms with Crippen molar-refractivity contribution < 1.29 is 21.9 Å². The van der Waals surface area contributed by atoms with Crippen LogP contribution < -0.4 is 16.0 Å². The number of benzene rings is 2. The van der Waals surface area contributed by atoms with Gasteiger partial charge in [-0.3, -0.25) is 0 Å². The number of nitrogens with one attached hydrogen (secondary N) is 1. The Hall–Kier alpha value is -4.53. The number of rotatable bonds is 8. The predicted molar refractivity (Wildman–Crippen MR) is 161 cm³/mol. The lowest BCUT2D eigenvalue weighted by Crippen LogP contribution is -2.36. The molecule has 1 fully saturated rings. The standard InChI is InChI=1S/C29H25F2N7O3S2/c30-21-5-2-6-22(31)27(21)43(39,40)17-18-3-1-4-19(15-18)25-26(42-28(32)37-25)23-9-10-33-29(36-23)35-20-7-8-24(34-16-20)38-11-13-41-14-12-38/h1-10,15-16H,11-14,17H2,(H2,32,37)(H,33,35,36). The van der Waals surface area contributed by atoms with E-state index in [0.29, 0.717) is 52.2 Å². The van der Waals surface area contributed by atoms with Gasteiger partial charge in [0, 0.05) is 24.8 Å². The number of pyridine rings is 1. The van der Waals surface area contributed by atoms with Crippen molar-refractivity contribution in [1.29, 1.82) is 0 Å². The Morgan fingerprint density at radius 3 is 2.49 bits per heavy atom. The lowest BCUT2D eigenvalue weighted by molar-refractivity contribution is 0.122. The molecule has 10 nitrogen and oxygen atoms in total. The minimum absolute atomic E-state index is 0.285. The molecule has 0 aliphatic carbocycles. The summed E-state index contributed by atoms with van der Waals surface area (Å²) < 4.78 is 59.7. The smallest absolute Gasteiger partial charge is 0.227 e. The number of sulfone groups is 1. The molecule has 220 valence electrons. The lowest BCUT2D eigenvalue weighted by Gasteiger charge is -2.27. The fraction of sp³-hybridized carbons (Fsp3) is 0.172. The molecule has 3 N–H and O–H groups in total. The summed E-state index contributed by atoms with van der Waals surface area (Å²) in [6, 6.07) is 15.1. The molecule has 0 bridgehead atoms. The highest BCUT2D eigenvalue weighted by atomic mass is 32.2. The largest absolute Gasteiger partial charge is 0.378 e. The number of nitrogens with two attached hydrogens (primary N) is 1. The molecule has 0 saturated carbocycles. The normalized spacial score (nSPS) is 13.7. The first-order valence-electron chi connectivity index (χ1n) is 13.2. The molecule has 43 heavy (non-hydrogen) atoms. The number of aromatic nitrogens is 4. The second-order valence-corrected chi connectivity index (χ2v) is 12.6. The predicted octanol–water partition coefficient (Wildman–Crippen LogP) is 5.08. The summed E-state index contributed by atoms with van der Waals surface area (Å²) >= 11 is 1.22. The maximum Gasteiger partial charge on any atom is 0.227 e. The molecule has 14 heteroatoms. The van der Waals surface area contributed by atoms with Gasteiger partial charge in [-0.15, -0.1) is 0 Å². The van der Waals surface area contributed by atoms with E-state index in [1.54, 1.807) is 42.7 Å². The Balaban J connectivity index is 1.25. The Morgan fingerprint density at radius 2 is 1.74 bits per heavy atom. The number of ether oxygens (including phenoxy) is 1. The number of hydrogen-bond donors (Lipinski definition) is 2. The van der Waals surface area contributed by atoms with Gasteiger partial charge >= 0.3 is 0 Å². The summed E-state index contributed by atoms with van der Waals surface area (Å²) in [4.78, 5) is 19.8. The molecule has 1 saturated heterocycles. The van der Waals surface area contributed by atoms with Crippen molar-refractivity contribution in [2.45, 2.75) is 10.6 Å². The molecule has 1 aliphatic heterocycles. The van der Waals surface area contributed by atoms with Gasteiger partial charge in [-0.05, 0) is 42.0 Å². The lowest BCUT2D eigenvalue weighted by atomic mass is 10.1. The first-order chi connectivity index (χ1) is 20.8. The van der Waals surface area contributed by atoms with Crippen LogP contribution in [0, 0.1) is 11.6 Å². The van der Waals surface area contributed by atoms with Crippen LogP contribution in [0.5, 0.6) is 0 Å². The molecule has 0 atom stereocenters. The minimum atomic E-state index is -4.31. The second-order valence-electron chi connectivity index (χ2n) is 9.64. The third-order valence-electron chi connectivity index (χ3n) is 6.66. The SMILES string of the molecule is Nc1nc(-c2cccc(CS(=O)(=O)c3c(F)cccc3F)c2)c(-c2ccnc(Nc3ccc(N4CCOCC4)nc3)n2)s1. The maximum absolute atomic E-state index is 14.2. The number of thiazole rings is 1. The van der Waals surface area contributed by atoms with E-state index in [4.69, 9.17) is 10.5 Å². The Bertz CT molecular complexity index is 1860. The highest BCUT2D eigenvalue weighted by Crippen LogP contribution is 2.38. The van der Waals surface area contributed by atoms with Gasteiger partial charge in [-0.2, -0.15) is 0 Å². The number of halogens is 2. The fourth-order valence-electron chi connectivity index (χ4n) is 4.70. The number of morpholine rings is 1. The van der Waals surface area contributed by atoms with Gasteiger partial charge in [0.2, 0.25) is 5.95 Å². The van der Waals surface area contributed by atoms with E-state index in [0.717, 1.165) is 37.1 Å². The van der Waals surface area contributed by atoms with E-state index in [1.165, 1.54) is 11.3 Å². The van der Waals surface area contributed by atoms with Crippen LogP contribution in [-0.4, -0.2) is 54.7 Å². The molecule has 0 radical (unpaired) electrons. The van der Waals surface area contributed by atoms with Crippen LogP contribution in [-0.2, 0) is 20.3 Å². The maximum atomic E-state index is 14.2.